The van der Waals surface area contributed by atoms with Crippen LogP contribution >= 0.6 is 0 Å². The summed E-state index contributed by atoms with van der Waals surface area (Å²) in [5.41, 5.74) is 8.11. The molecule has 1 aliphatic rings. The van der Waals surface area contributed by atoms with E-state index in [0.717, 1.165) is 11.1 Å². The summed E-state index contributed by atoms with van der Waals surface area (Å²) < 4.78 is 0. The smallest absolute Gasteiger partial charge is 0.107 e. The molecular weight excluding hydrogens is 114 g/mol. The summed E-state index contributed by atoms with van der Waals surface area (Å²) in [5, 5.41) is 9.05. The molecular formula is C7H7NO. The van der Waals surface area contributed by atoms with E-state index >= 15 is 0 Å². The summed E-state index contributed by atoms with van der Waals surface area (Å²) in [6, 6.07) is 5.54. The molecule has 0 saturated heterocycles. The van der Waals surface area contributed by atoms with Crippen LogP contribution in [0.3, 0.4) is 0 Å². The molecule has 0 saturated carbocycles. The van der Waals surface area contributed by atoms with E-state index in [4.69, 9.17) is 10.8 Å². The van der Waals surface area contributed by atoms with E-state index in [0.29, 0.717) is 5.69 Å². The number of anilines is 1. The minimum atomic E-state index is -0.361. The van der Waals surface area contributed by atoms with Crippen LogP contribution in [-0.4, -0.2) is 5.11 Å². The largest absolute Gasteiger partial charge is 0.398 e. The highest BCUT2D eigenvalue weighted by Gasteiger charge is 2.31. The molecule has 1 atom stereocenters. The molecule has 1 aromatic rings. The van der Waals surface area contributed by atoms with Crippen molar-refractivity contribution in [2.24, 2.45) is 0 Å². The Morgan fingerprint density at radius 2 is 2.22 bits per heavy atom. The molecule has 0 aromatic heterocycles. The number of nitrogens with two attached hydrogens (primary N) is 1. The van der Waals surface area contributed by atoms with Crippen molar-refractivity contribution in [3.63, 3.8) is 0 Å². The van der Waals surface area contributed by atoms with Crippen molar-refractivity contribution >= 4 is 5.69 Å². The molecule has 2 nitrogen and oxygen atoms in total. The first kappa shape index (κ1) is 4.82. The Morgan fingerprint density at radius 1 is 1.44 bits per heavy atom. The van der Waals surface area contributed by atoms with Gasteiger partial charge < -0.3 is 10.8 Å². The lowest BCUT2D eigenvalue weighted by molar-refractivity contribution is 0.267. The first-order valence-electron chi connectivity index (χ1n) is 2.87. The van der Waals surface area contributed by atoms with E-state index in [-0.39, 0.29) is 6.10 Å². The van der Waals surface area contributed by atoms with Gasteiger partial charge in [0, 0.05) is 11.3 Å². The zero-order valence-corrected chi connectivity index (χ0v) is 4.83. The molecule has 0 spiro atoms. The number of aliphatic hydroxyl groups excluding tert-OH is 1. The van der Waals surface area contributed by atoms with Gasteiger partial charge in [0.05, 0.1) is 0 Å². The van der Waals surface area contributed by atoms with E-state index in [1.165, 1.54) is 0 Å². The predicted octanol–water partition coefficient (Wildman–Crippen LogP) is 0.664. The Balaban J connectivity index is 2.61. The summed E-state index contributed by atoms with van der Waals surface area (Å²) in [5.74, 6) is 0. The Hall–Kier alpha value is -1.02. The number of aliphatic hydroxyl groups is 1. The molecule has 0 bridgehead atoms. The molecule has 0 amide bonds. The lowest BCUT2D eigenvalue weighted by Crippen LogP contribution is -1.82. The van der Waals surface area contributed by atoms with Crippen molar-refractivity contribution in [1.82, 2.24) is 0 Å². The average molecular weight is 121 g/mol. The van der Waals surface area contributed by atoms with E-state index in [9.17, 15) is 0 Å². The van der Waals surface area contributed by atoms with E-state index in [1.807, 2.05) is 12.1 Å². The first-order chi connectivity index (χ1) is 4.30. The number of hydrogen-bond acceptors (Lipinski definition) is 2. The maximum absolute atomic E-state index is 9.05. The van der Waals surface area contributed by atoms with E-state index < -0.39 is 0 Å². The number of benzene rings is 1. The topological polar surface area (TPSA) is 46.2 Å². The minimum Gasteiger partial charge on any atom is -0.398 e. The van der Waals surface area contributed by atoms with Gasteiger partial charge in [-0.3, -0.25) is 0 Å². The molecule has 1 aromatic carbocycles. The third kappa shape index (κ3) is 0.481. The molecule has 0 heterocycles. The zero-order valence-electron chi connectivity index (χ0n) is 4.83. The minimum absolute atomic E-state index is 0.361. The van der Waals surface area contributed by atoms with Gasteiger partial charge in [0.1, 0.15) is 6.10 Å². The number of hydrogen-bond donors (Lipinski definition) is 2. The van der Waals surface area contributed by atoms with Crippen molar-refractivity contribution in [3.05, 3.63) is 29.3 Å². The second-order valence-electron chi connectivity index (χ2n) is 2.25. The fraction of sp³-hybridized carbons (Fsp3) is 0.143. The van der Waals surface area contributed by atoms with Crippen LogP contribution in [0.4, 0.5) is 5.69 Å². The van der Waals surface area contributed by atoms with Crippen molar-refractivity contribution in [2.45, 2.75) is 6.10 Å². The standard InChI is InChI=1S/C7H7NO/c8-5-3-1-2-4-6(5)7(4)9/h1-3,7,9H,8H2. The molecule has 2 rings (SSSR count). The highest BCUT2D eigenvalue weighted by atomic mass is 16.3. The number of nitrogen functional groups attached to an aromatic ring is 1. The highest BCUT2D eigenvalue weighted by Crippen LogP contribution is 2.44. The molecule has 3 N–H and O–H groups in total. The number of fused-ring (bicyclic) bond motifs is 1. The summed E-state index contributed by atoms with van der Waals surface area (Å²) >= 11 is 0. The maximum atomic E-state index is 9.05. The Kier molecular flexibility index (Phi) is 0.684. The van der Waals surface area contributed by atoms with Crippen LogP contribution in [0.2, 0.25) is 0 Å². The summed E-state index contributed by atoms with van der Waals surface area (Å²) in [7, 11) is 0. The molecule has 0 aliphatic heterocycles. The summed E-state index contributed by atoms with van der Waals surface area (Å²) in [6.45, 7) is 0. The number of rotatable bonds is 0. The fourth-order valence-electron chi connectivity index (χ4n) is 1.08. The molecule has 1 aliphatic carbocycles. The maximum Gasteiger partial charge on any atom is 0.107 e. The quantitative estimate of drug-likeness (QED) is 0.495. The average Bonchev–Trinajstić information content (AvgIpc) is 2.45. The van der Waals surface area contributed by atoms with Gasteiger partial charge in [0.15, 0.2) is 0 Å². The monoisotopic (exact) mass is 121 g/mol. The van der Waals surface area contributed by atoms with Crippen LogP contribution in [0.15, 0.2) is 18.2 Å². The Bertz CT molecular complexity index is 257. The summed E-state index contributed by atoms with van der Waals surface area (Å²) in [6.07, 6.45) is -0.361. The second kappa shape index (κ2) is 1.28. The normalized spacial score (nSPS) is 21.2. The van der Waals surface area contributed by atoms with Crippen molar-refractivity contribution in [1.29, 1.82) is 0 Å². The molecule has 9 heavy (non-hydrogen) atoms. The van der Waals surface area contributed by atoms with Crippen LogP contribution in [-0.2, 0) is 0 Å². The third-order valence-electron chi connectivity index (χ3n) is 1.66. The molecule has 2 heteroatoms. The molecule has 0 fully saturated rings. The molecule has 1 unspecified atom stereocenters. The van der Waals surface area contributed by atoms with Crippen molar-refractivity contribution < 1.29 is 5.11 Å². The first-order valence-corrected chi connectivity index (χ1v) is 2.87. The van der Waals surface area contributed by atoms with Gasteiger partial charge in [0.25, 0.3) is 0 Å². The van der Waals surface area contributed by atoms with Gasteiger partial charge in [-0.15, -0.1) is 0 Å². The van der Waals surface area contributed by atoms with Crippen molar-refractivity contribution in [2.75, 3.05) is 5.73 Å². The lowest BCUT2D eigenvalue weighted by Gasteiger charge is -1.84. The van der Waals surface area contributed by atoms with Crippen LogP contribution < -0.4 is 5.73 Å². The van der Waals surface area contributed by atoms with Crippen LogP contribution in [0.25, 0.3) is 0 Å². The SMILES string of the molecule is Nc1cccc2c1C2O. The Morgan fingerprint density at radius 3 is 2.78 bits per heavy atom. The van der Waals surface area contributed by atoms with Crippen molar-refractivity contribution in [3.8, 4) is 0 Å². The molecule has 0 radical (unpaired) electrons. The third-order valence-corrected chi connectivity index (χ3v) is 1.66. The van der Waals surface area contributed by atoms with Gasteiger partial charge in [-0.1, -0.05) is 12.1 Å². The zero-order chi connectivity index (χ0) is 6.43. The predicted molar refractivity (Wildman–Crippen MR) is 34.9 cm³/mol. The van der Waals surface area contributed by atoms with Crippen LogP contribution in [0, 0.1) is 0 Å². The van der Waals surface area contributed by atoms with Crippen LogP contribution in [0.5, 0.6) is 0 Å². The van der Waals surface area contributed by atoms with Gasteiger partial charge in [-0.25, -0.2) is 0 Å². The van der Waals surface area contributed by atoms with Crippen LogP contribution in [0.1, 0.15) is 17.2 Å². The second-order valence-corrected chi connectivity index (χ2v) is 2.25. The van der Waals surface area contributed by atoms with Gasteiger partial charge in [-0.05, 0) is 11.6 Å². The summed E-state index contributed by atoms with van der Waals surface area (Å²) in [4.78, 5) is 0. The molecule has 46 valence electrons. The fourth-order valence-corrected chi connectivity index (χ4v) is 1.08. The highest BCUT2D eigenvalue weighted by molar-refractivity contribution is 5.65. The van der Waals surface area contributed by atoms with E-state index in [2.05, 4.69) is 0 Å². The van der Waals surface area contributed by atoms with Gasteiger partial charge in [0.2, 0.25) is 0 Å². The van der Waals surface area contributed by atoms with Gasteiger partial charge >= 0.3 is 0 Å². The lowest BCUT2D eigenvalue weighted by atomic mass is 10.3. The van der Waals surface area contributed by atoms with E-state index in [1.54, 1.807) is 6.07 Å². The van der Waals surface area contributed by atoms with Gasteiger partial charge in [-0.2, -0.15) is 0 Å². The Labute approximate surface area is 52.9 Å².